The predicted molar refractivity (Wildman–Crippen MR) is 127 cm³/mol. The maximum Gasteiger partial charge on any atom is 0.408 e. The van der Waals surface area contributed by atoms with Gasteiger partial charge in [-0.05, 0) is 51.3 Å². The number of ether oxygens (including phenoxy) is 3. The van der Waals surface area contributed by atoms with Crippen molar-refractivity contribution in [3.63, 3.8) is 0 Å². The number of Topliss-reactive ketones (excluding diaryl/α,β-unsaturated/α-hetero) is 1. The number of carbonyl (C=O) groups is 3. The minimum atomic E-state index is -0.653. The zero-order valence-corrected chi connectivity index (χ0v) is 20.9. The summed E-state index contributed by atoms with van der Waals surface area (Å²) in [5, 5.41) is 2.74. The number of ketones is 1. The number of nitrogens with zero attached hydrogens (tertiary/aromatic N) is 1. The van der Waals surface area contributed by atoms with Crippen molar-refractivity contribution < 1.29 is 28.6 Å². The average molecular weight is 479 g/mol. The van der Waals surface area contributed by atoms with E-state index in [1.165, 1.54) is 0 Å². The summed E-state index contributed by atoms with van der Waals surface area (Å²) >= 11 is 1.62. The van der Waals surface area contributed by atoms with Gasteiger partial charge >= 0.3 is 6.09 Å². The fourth-order valence-corrected chi connectivity index (χ4v) is 4.65. The van der Waals surface area contributed by atoms with Crippen LogP contribution in [0.25, 0.3) is 0 Å². The van der Waals surface area contributed by atoms with Gasteiger partial charge in [-0.25, -0.2) is 4.79 Å². The van der Waals surface area contributed by atoms with Crippen molar-refractivity contribution in [1.29, 1.82) is 0 Å². The second-order valence-corrected chi connectivity index (χ2v) is 10.5. The molecule has 0 saturated carbocycles. The van der Waals surface area contributed by atoms with Crippen LogP contribution in [0.15, 0.2) is 18.2 Å². The van der Waals surface area contributed by atoms with Crippen molar-refractivity contribution in [2.45, 2.75) is 63.7 Å². The summed E-state index contributed by atoms with van der Waals surface area (Å²) in [5.74, 6) is 1.82. The Kier molecular flexibility index (Phi) is 7.82. The zero-order valence-electron chi connectivity index (χ0n) is 20.1. The second-order valence-electron chi connectivity index (χ2n) is 9.55. The molecule has 9 heteroatoms. The lowest BCUT2D eigenvalue weighted by atomic mass is 9.82. The van der Waals surface area contributed by atoms with Crippen LogP contribution in [0.4, 0.5) is 4.79 Å². The topological polar surface area (TPSA) is 94.2 Å². The normalized spacial score (nSPS) is 18.2. The molecule has 0 radical (unpaired) electrons. The third-order valence-electron chi connectivity index (χ3n) is 5.88. The van der Waals surface area contributed by atoms with Crippen molar-refractivity contribution in [2.24, 2.45) is 0 Å². The number of methoxy groups -OCH3 is 1. The van der Waals surface area contributed by atoms with Crippen molar-refractivity contribution >= 4 is 29.5 Å². The first-order chi connectivity index (χ1) is 15.6. The molecule has 33 heavy (non-hydrogen) atoms. The summed E-state index contributed by atoms with van der Waals surface area (Å²) in [6.07, 6.45) is 3.26. The molecule has 1 aromatic rings. The molecule has 0 bridgehead atoms. The number of hydrogen-bond donors (Lipinski definition) is 1. The van der Waals surface area contributed by atoms with E-state index in [0.717, 1.165) is 5.75 Å². The Balaban J connectivity index is 1.66. The Labute approximate surface area is 199 Å². The number of rotatable bonds is 6. The largest absolute Gasteiger partial charge is 0.497 e. The Morgan fingerprint density at radius 2 is 1.97 bits per heavy atom. The number of fused-ring (bicyclic) bond motifs is 1. The molecule has 1 fully saturated rings. The van der Waals surface area contributed by atoms with E-state index in [1.807, 2.05) is 6.26 Å². The van der Waals surface area contributed by atoms with Crippen LogP contribution >= 0.6 is 11.8 Å². The van der Waals surface area contributed by atoms with Crippen LogP contribution in [-0.4, -0.2) is 72.1 Å². The summed E-state index contributed by atoms with van der Waals surface area (Å²) in [7, 11) is 1.57. The average Bonchev–Trinajstić information content (AvgIpc) is 2.75. The molecule has 1 aromatic carbocycles. The molecule has 1 spiro atoms. The third-order valence-corrected chi connectivity index (χ3v) is 6.53. The van der Waals surface area contributed by atoms with Crippen molar-refractivity contribution in [2.75, 3.05) is 32.2 Å². The summed E-state index contributed by atoms with van der Waals surface area (Å²) in [6, 6.07) is 4.58. The lowest BCUT2D eigenvalue weighted by Gasteiger charge is -2.44. The van der Waals surface area contributed by atoms with Gasteiger partial charge in [-0.2, -0.15) is 11.8 Å². The van der Waals surface area contributed by atoms with Gasteiger partial charge in [0, 0.05) is 32.0 Å². The van der Waals surface area contributed by atoms with Crippen LogP contribution in [0.1, 0.15) is 56.8 Å². The standard InChI is InChI=1S/C24H34N2O6S/c1-23(2,3)32-22(29)25-18(8-13-33-5)21(28)26-11-9-24(10-12-26)15-19(27)17-7-6-16(30-4)14-20(17)31-24/h6-7,14,18H,8-13,15H2,1-5H3,(H,25,29). The number of nitrogens with one attached hydrogen (secondary N) is 1. The molecular weight excluding hydrogens is 444 g/mol. The molecule has 1 N–H and O–H groups in total. The number of alkyl carbamates (subject to hydrolysis) is 1. The van der Waals surface area contributed by atoms with Gasteiger partial charge < -0.3 is 24.4 Å². The van der Waals surface area contributed by atoms with Crippen LogP contribution in [-0.2, 0) is 9.53 Å². The molecule has 3 rings (SSSR count). The van der Waals surface area contributed by atoms with Crippen molar-refractivity contribution in [1.82, 2.24) is 10.2 Å². The first-order valence-corrected chi connectivity index (χ1v) is 12.6. The number of benzene rings is 1. The molecule has 0 aromatic heterocycles. The summed E-state index contributed by atoms with van der Waals surface area (Å²) < 4.78 is 16.9. The molecule has 0 aliphatic carbocycles. The van der Waals surface area contributed by atoms with Gasteiger partial charge in [0.2, 0.25) is 5.91 Å². The van der Waals surface area contributed by atoms with Gasteiger partial charge in [0.05, 0.1) is 19.1 Å². The van der Waals surface area contributed by atoms with Crippen molar-refractivity contribution in [3.8, 4) is 11.5 Å². The van der Waals surface area contributed by atoms with E-state index >= 15 is 0 Å². The van der Waals surface area contributed by atoms with E-state index in [1.54, 1.807) is 62.7 Å². The minimum Gasteiger partial charge on any atom is -0.497 e. The SMILES string of the molecule is COc1ccc2c(c1)OC1(CCN(C(=O)C(CCSC)NC(=O)OC(C)(C)C)CC1)CC2=O. The van der Waals surface area contributed by atoms with E-state index in [9.17, 15) is 14.4 Å². The Bertz CT molecular complexity index is 889. The molecule has 1 unspecified atom stereocenters. The van der Waals surface area contributed by atoms with Crippen molar-refractivity contribution in [3.05, 3.63) is 23.8 Å². The van der Waals surface area contributed by atoms with Crippen LogP contribution in [0.5, 0.6) is 11.5 Å². The molecular formula is C24H34N2O6S. The van der Waals surface area contributed by atoms with Crippen LogP contribution in [0, 0.1) is 0 Å². The lowest BCUT2D eigenvalue weighted by Crippen LogP contribution is -2.56. The molecule has 1 atom stereocenters. The van der Waals surface area contributed by atoms with E-state index in [-0.39, 0.29) is 11.7 Å². The molecule has 2 aliphatic heterocycles. The number of hydrogen-bond acceptors (Lipinski definition) is 7. The van der Waals surface area contributed by atoms with E-state index < -0.39 is 23.3 Å². The molecule has 1 saturated heterocycles. The molecule has 8 nitrogen and oxygen atoms in total. The van der Waals surface area contributed by atoms with Gasteiger partial charge in [0.1, 0.15) is 28.7 Å². The van der Waals surface area contributed by atoms with Gasteiger partial charge in [-0.15, -0.1) is 0 Å². The lowest BCUT2D eigenvalue weighted by molar-refractivity contribution is -0.137. The second kappa shape index (κ2) is 10.2. The quantitative estimate of drug-likeness (QED) is 0.667. The van der Waals surface area contributed by atoms with E-state index in [2.05, 4.69) is 5.32 Å². The van der Waals surface area contributed by atoms with Crippen LogP contribution in [0.2, 0.25) is 0 Å². The van der Waals surface area contributed by atoms with E-state index in [4.69, 9.17) is 14.2 Å². The smallest absolute Gasteiger partial charge is 0.408 e. The highest BCUT2D eigenvalue weighted by Crippen LogP contribution is 2.40. The number of amides is 2. The van der Waals surface area contributed by atoms with Crippen LogP contribution < -0.4 is 14.8 Å². The van der Waals surface area contributed by atoms with Crippen LogP contribution in [0.3, 0.4) is 0 Å². The maximum absolute atomic E-state index is 13.2. The Morgan fingerprint density at radius 1 is 1.27 bits per heavy atom. The third kappa shape index (κ3) is 6.34. The Morgan fingerprint density at radius 3 is 2.58 bits per heavy atom. The van der Waals surface area contributed by atoms with Gasteiger partial charge in [-0.3, -0.25) is 9.59 Å². The molecule has 2 amide bonds. The first kappa shape index (κ1) is 25.2. The number of carbonyl (C=O) groups excluding carboxylic acids is 3. The highest BCUT2D eigenvalue weighted by Gasteiger charge is 2.44. The monoisotopic (exact) mass is 478 g/mol. The fraction of sp³-hybridized carbons (Fsp3) is 0.625. The van der Waals surface area contributed by atoms with E-state index in [0.29, 0.717) is 55.8 Å². The first-order valence-electron chi connectivity index (χ1n) is 11.2. The molecule has 2 heterocycles. The molecule has 182 valence electrons. The summed E-state index contributed by atoms with van der Waals surface area (Å²) in [6.45, 7) is 6.27. The predicted octanol–water partition coefficient (Wildman–Crippen LogP) is 3.67. The zero-order chi connectivity index (χ0) is 24.2. The highest BCUT2D eigenvalue weighted by molar-refractivity contribution is 7.98. The Hall–Kier alpha value is -2.42. The highest BCUT2D eigenvalue weighted by atomic mass is 32.2. The number of likely N-dealkylation sites (tertiary alicyclic amines) is 1. The maximum atomic E-state index is 13.2. The fourth-order valence-electron chi connectivity index (χ4n) is 4.18. The van der Waals surface area contributed by atoms with Gasteiger partial charge in [0.15, 0.2) is 5.78 Å². The minimum absolute atomic E-state index is 0.0446. The van der Waals surface area contributed by atoms with Gasteiger partial charge in [0.25, 0.3) is 0 Å². The summed E-state index contributed by atoms with van der Waals surface area (Å²) in [5.41, 5.74) is -0.697. The number of thioether (sulfide) groups is 1. The molecule has 2 aliphatic rings. The summed E-state index contributed by atoms with van der Waals surface area (Å²) in [4.78, 5) is 40.1. The van der Waals surface area contributed by atoms with Gasteiger partial charge in [-0.1, -0.05) is 0 Å². The number of piperidine rings is 1.